The quantitative estimate of drug-likeness (QED) is 0.810. The second-order valence-electron chi connectivity index (χ2n) is 3.18. The Bertz CT molecular complexity index is 490. The topological polar surface area (TPSA) is 43.8 Å². The molecule has 3 nitrogen and oxygen atoms in total. The van der Waals surface area contributed by atoms with Crippen molar-refractivity contribution < 1.29 is 4.39 Å². The summed E-state index contributed by atoms with van der Waals surface area (Å²) in [4.78, 5) is 0. The number of nitrogen functional groups attached to an aromatic ring is 1. The Morgan fingerprint density at radius 3 is 2.40 bits per heavy atom. The van der Waals surface area contributed by atoms with Crippen LogP contribution in [0.5, 0.6) is 0 Å². The highest BCUT2D eigenvalue weighted by Crippen LogP contribution is 2.25. The zero-order valence-corrected chi connectivity index (χ0v) is 8.79. The number of hydrogen-bond acceptors (Lipinski definition) is 2. The van der Waals surface area contributed by atoms with Crippen molar-refractivity contribution in [2.45, 2.75) is 0 Å². The highest BCUT2D eigenvalue weighted by molar-refractivity contribution is 6.30. The van der Waals surface area contributed by atoms with Crippen LogP contribution in [-0.4, -0.2) is 9.78 Å². The van der Waals surface area contributed by atoms with Crippen molar-refractivity contribution in [3.8, 4) is 11.3 Å². The summed E-state index contributed by atoms with van der Waals surface area (Å²) in [7, 11) is 1.60. The first kappa shape index (κ1) is 9.98. The number of anilines is 1. The molecular weight excluding hydrogens is 217 g/mol. The lowest BCUT2D eigenvalue weighted by molar-refractivity contribution is 0.634. The lowest BCUT2D eigenvalue weighted by atomic mass is 10.1. The van der Waals surface area contributed by atoms with E-state index in [1.807, 2.05) is 0 Å². The van der Waals surface area contributed by atoms with Crippen LogP contribution in [0.1, 0.15) is 0 Å². The van der Waals surface area contributed by atoms with Gasteiger partial charge in [0, 0.05) is 17.6 Å². The maximum atomic E-state index is 13.6. The molecule has 0 unspecified atom stereocenters. The minimum absolute atomic E-state index is 0.0277. The molecule has 15 heavy (non-hydrogen) atoms. The van der Waals surface area contributed by atoms with Crippen LogP contribution in [-0.2, 0) is 7.05 Å². The number of benzene rings is 1. The van der Waals surface area contributed by atoms with Gasteiger partial charge in [0.1, 0.15) is 5.69 Å². The average molecular weight is 226 g/mol. The van der Waals surface area contributed by atoms with Crippen LogP contribution in [0.4, 0.5) is 10.2 Å². The van der Waals surface area contributed by atoms with E-state index in [2.05, 4.69) is 5.10 Å². The van der Waals surface area contributed by atoms with E-state index in [1.165, 1.54) is 4.68 Å². The van der Waals surface area contributed by atoms with E-state index in [0.717, 1.165) is 0 Å². The molecule has 0 saturated heterocycles. The summed E-state index contributed by atoms with van der Waals surface area (Å²) in [6, 6.07) is 6.77. The molecule has 0 saturated carbocycles. The first-order chi connectivity index (χ1) is 7.09. The SMILES string of the molecule is Cn1nc(-c2ccc(Cl)cc2)c(F)c1N. The van der Waals surface area contributed by atoms with E-state index in [9.17, 15) is 4.39 Å². The minimum Gasteiger partial charge on any atom is -0.381 e. The van der Waals surface area contributed by atoms with E-state index in [0.29, 0.717) is 10.6 Å². The molecule has 0 fully saturated rings. The maximum Gasteiger partial charge on any atom is 0.192 e. The van der Waals surface area contributed by atoms with Gasteiger partial charge in [-0.05, 0) is 12.1 Å². The third kappa shape index (κ3) is 1.68. The smallest absolute Gasteiger partial charge is 0.192 e. The van der Waals surface area contributed by atoms with Crippen LogP contribution in [0.2, 0.25) is 5.02 Å². The summed E-state index contributed by atoms with van der Waals surface area (Å²) in [6.07, 6.45) is 0. The van der Waals surface area contributed by atoms with Gasteiger partial charge in [0.25, 0.3) is 0 Å². The number of aryl methyl sites for hydroxylation is 1. The molecule has 0 atom stereocenters. The molecule has 0 aliphatic carbocycles. The van der Waals surface area contributed by atoms with Gasteiger partial charge in [0.2, 0.25) is 0 Å². The van der Waals surface area contributed by atoms with Crippen LogP contribution in [0.3, 0.4) is 0 Å². The molecule has 1 aromatic heterocycles. The summed E-state index contributed by atoms with van der Waals surface area (Å²) in [6.45, 7) is 0. The Morgan fingerprint density at radius 1 is 1.33 bits per heavy atom. The standard InChI is InChI=1S/C10H9ClFN3/c1-15-10(13)8(12)9(14-15)6-2-4-7(11)5-3-6/h2-5H,13H2,1H3. The second kappa shape index (κ2) is 3.55. The Balaban J connectivity index is 2.54. The molecule has 2 rings (SSSR count). The predicted molar refractivity (Wildman–Crippen MR) is 58.0 cm³/mol. The van der Waals surface area contributed by atoms with Gasteiger partial charge in [0.05, 0.1) is 0 Å². The van der Waals surface area contributed by atoms with Gasteiger partial charge in [-0.3, -0.25) is 0 Å². The fourth-order valence-corrected chi connectivity index (χ4v) is 1.43. The van der Waals surface area contributed by atoms with E-state index >= 15 is 0 Å². The third-order valence-electron chi connectivity index (χ3n) is 2.15. The van der Waals surface area contributed by atoms with Crippen molar-refractivity contribution in [3.63, 3.8) is 0 Å². The predicted octanol–water partition coefficient (Wildman–Crippen LogP) is 2.46. The summed E-state index contributed by atoms with van der Waals surface area (Å²) in [5.74, 6) is -0.472. The molecule has 0 bridgehead atoms. The van der Waals surface area contributed by atoms with Crippen LogP contribution < -0.4 is 5.73 Å². The number of nitrogens with zero attached hydrogens (tertiary/aromatic N) is 2. The summed E-state index contributed by atoms with van der Waals surface area (Å²) >= 11 is 5.73. The molecule has 1 heterocycles. The third-order valence-corrected chi connectivity index (χ3v) is 2.40. The lowest BCUT2D eigenvalue weighted by Gasteiger charge is -1.96. The molecule has 0 aliphatic rings. The van der Waals surface area contributed by atoms with Crippen molar-refractivity contribution in [1.82, 2.24) is 9.78 Å². The first-order valence-electron chi connectivity index (χ1n) is 4.33. The van der Waals surface area contributed by atoms with Gasteiger partial charge in [0.15, 0.2) is 11.6 Å². The summed E-state index contributed by atoms with van der Waals surface area (Å²) < 4.78 is 14.9. The fraction of sp³-hybridized carbons (Fsp3) is 0.100. The zero-order valence-electron chi connectivity index (χ0n) is 8.04. The van der Waals surface area contributed by atoms with Gasteiger partial charge >= 0.3 is 0 Å². The Labute approximate surface area is 91.3 Å². The van der Waals surface area contributed by atoms with E-state index < -0.39 is 5.82 Å². The fourth-order valence-electron chi connectivity index (χ4n) is 1.30. The monoisotopic (exact) mass is 225 g/mol. The minimum atomic E-state index is -0.500. The number of rotatable bonds is 1. The molecule has 0 aliphatic heterocycles. The van der Waals surface area contributed by atoms with E-state index in [-0.39, 0.29) is 11.5 Å². The zero-order chi connectivity index (χ0) is 11.0. The average Bonchev–Trinajstić information content (AvgIpc) is 2.47. The van der Waals surface area contributed by atoms with Crippen molar-refractivity contribution in [3.05, 3.63) is 35.1 Å². The molecule has 78 valence electrons. The highest BCUT2D eigenvalue weighted by atomic mass is 35.5. The summed E-state index contributed by atoms with van der Waals surface area (Å²) in [5, 5.41) is 4.58. The molecule has 2 aromatic rings. The highest BCUT2D eigenvalue weighted by Gasteiger charge is 2.14. The Kier molecular flexibility index (Phi) is 2.36. The molecule has 0 radical (unpaired) electrons. The van der Waals surface area contributed by atoms with E-state index in [4.69, 9.17) is 17.3 Å². The molecule has 0 amide bonds. The first-order valence-corrected chi connectivity index (χ1v) is 4.71. The largest absolute Gasteiger partial charge is 0.381 e. The van der Waals surface area contributed by atoms with Crippen LogP contribution in [0.15, 0.2) is 24.3 Å². The van der Waals surface area contributed by atoms with Crippen molar-refractivity contribution in [1.29, 1.82) is 0 Å². The molecule has 5 heteroatoms. The number of aromatic nitrogens is 2. The van der Waals surface area contributed by atoms with E-state index in [1.54, 1.807) is 31.3 Å². The van der Waals surface area contributed by atoms with Crippen molar-refractivity contribution in [2.75, 3.05) is 5.73 Å². The van der Waals surface area contributed by atoms with Gasteiger partial charge < -0.3 is 5.73 Å². The van der Waals surface area contributed by atoms with Crippen LogP contribution >= 0.6 is 11.6 Å². The van der Waals surface area contributed by atoms with Crippen LogP contribution in [0.25, 0.3) is 11.3 Å². The van der Waals surface area contributed by atoms with Gasteiger partial charge in [-0.15, -0.1) is 0 Å². The number of hydrogen-bond donors (Lipinski definition) is 1. The molecule has 1 aromatic carbocycles. The van der Waals surface area contributed by atoms with Crippen molar-refractivity contribution >= 4 is 17.4 Å². The maximum absolute atomic E-state index is 13.6. The number of nitrogens with two attached hydrogens (primary N) is 1. The Hall–Kier alpha value is -1.55. The molecule has 2 N–H and O–H groups in total. The van der Waals surface area contributed by atoms with Crippen LogP contribution in [0, 0.1) is 5.82 Å². The normalized spacial score (nSPS) is 10.6. The summed E-state index contributed by atoms with van der Waals surface area (Å²) in [5.41, 5.74) is 6.37. The second-order valence-corrected chi connectivity index (χ2v) is 3.61. The van der Waals surface area contributed by atoms with Gasteiger partial charge in [-0.2, -0.15) is 5.10 Å². The number of halogens is 2. The van der Waals surface area contributed by atoms with Crippen molar-refractivity contribution in [2.24, 2.45) is 7.05 Å². The van der Waals surface area contributed by atoms with Gasteiger partial charge in [-0.1, -0.05) is 23.7 Å². The molecular formula is C10H9ClFN3. The molecule has 0 spiro atoms. The lowest BCUT2D eigenvalue weighted by Crippen LogP contribution is -1.97. The Morgan fingerprint density at radius 2 is 1.93 bits per heavy atom. The van der Waals surface area contributed by atoms with Gasteiger partial charge in [-0.25, -0.2) is 9.07 Å².